The number of nitrogens with zero attached hydrogens (tertiary/aromatic N) is 2. The van der Waals surface area contributed by atoms with Crippen LogP contribution >= 0.6 is 34.7 Å². The molecule has 0 saturated carbocycles. The molecule has 1 unspecified atom stereocenters. The number of aryl methyl sites for hydroxylation is 1. The second-order valence-corrected chi connectivity index (χ2v) is 11.6. The number of hydrogen-bond donors (Lipinski definition) is 0. The van der Waals surface area contributed by atoms with Gasteiger partial charge in [0.15, 0.2) is 0 Å². The smallest absolute Gasteiger partial charge is 0.339 e. The van der Waals surface area contributed by atoms with Gasteiger partial charge in [0, 0.05) is 10.0 Å². The molecule has 0 amide bonds. The number of carbonyl (C=O) groups excluding carboxylic acids is 2. The number of ketones is 1. The van der Waals surface area contributed by atoms with E-state index in [4.69, 9.17) is 27.9 Å². The Morgan fingerprint density at radius 1 is 0.895 bits per heavy atom. The van der Waals surface area contributed by atoms with E-state index in [0.717, 1.165) is 35.4 Å². The maximum Gasteiger partial charge on any atom is 0.339 e. The molecule has 0 saturated heterocycles. The number of fused-ring (bicyclic) bond motifs is 1. The molecule has 8 heteroatoms. The number of halogens is 2. The zero-order valence-electron chi connectivity index (χ0n) is 22.2. The van der Waals surface area contributed by atoms with Gasteiger partial charge in [-0.15, -0.1) is 5.10 Å². The van der Waals surface area contributed by atoms with Crippen molar-refractivity contribution in [3.05, 3.63) is 57.6 Å². The van der Waals surface area contributed by atoms with Crippen LogP contribution in [0.2, 0.25) is 10.0 Å². The minimum Gasteiger partial charge on any atom is -0.461 e. The lowest BCUT2D eigenvalue weighted by molar-refractivity contribution is -0.122. The first kappa shape index (κ1) is 30.5. The van der Waals surface area contributed by atoms with E-state index in [2.05, 4.69) is 9.59 Å². The largest absolute Gasteiger partial charge is 0.461 e. The van der Waals surface area contributed by atoms with Crippen LogP contribution in [-0.2, 0) is 16.0 Å². The molecule has 206 valence electrons. The highest BCUT2D eigenvalue weighted by atomic mass is 35.5. The fraction of sp³-hybridized carbons (Fsp3) is 0.533. The molecule has 0 radical (unpaired) electrons. The number of aromatic nitrogens is 2. The Morgan fingerprint density at radius 3 is 2.21 bits per heavy atom. The first-order chi connectivity index (χ1) is 18.5. The molecule has 5 nitrogen and oxygen atoms in total. The van der Waals surface area contributed by atoms with Crippen molar-refractivity contribution in [3.63, 3.8) is 0 Å². The Labute approximate surface area is 240 Å². The molecule has 0 N–H and O–H groups in total. The topological polar surface area (TPSA) is 69.2 Å². The van der Waals surface area contributed by atoms with Gasteiger partial charge >= 0.3 is 5.97 Å². The van der Waals surface area contributed by atoms with Crippen LogP contribution in [0, 0.1) is 5.92 Å². The third kappa shape index (κ3) is 10.3. The van der Waals surface area contributed by atoms with E-state index in [9.17, 15) is 9.59 Å². The van der Waals surface area contributed by atoms with Crippen molar-refractivity contribution in [1.82, 2.24) is 9.59 Å². The van der Waals surface area contributed by atoms with Crippen LogP contribution in [-0.4, -0.2) is 27.9 Å². The predicted molar refractivity (Wildman–Crippen MR) is 157 cm³/mol. The fourth-order valence-electron chi connectivity index (χ4n) is 4.65. The molecule has 2 aromatic carbocycles. The van der Waals surface area contributed by atoms with Gasteiger partial charge in [-0.05, 0) is 67.5 Å². The van der Waals surface area contributed by atoms with Crippen molar-refractivity contribution >= 4 is 56.7 Å². The fourth-order valence-corrected chi connectivity index (χ4v) is 5.81. The van der Waals surface area contributed by atoms with Crippen molar-refractivity contribution in [2.45, 2.75) is 90.4 Å². The maximum atomic E-state index is 12.5. The summed E-state index contributed by atoms with van der Waals surface area (Å²) < 4.78 is 10.1. The second-order valence-electron chi connectivity index (χ2n) is 10.00. The van der Waals surface area contributed by atoms with Gasteiger partial charge in [-0.25, -0.2) is 4.79 Å². The van der Waals surface area contributed by atoms with Crippen LogP contribution in [0.25, 0.3) is 10.2 Å². The molecular formula is C30H38Cl2N2O3S. The SMILES string of the molecule is CC(=O)C(CCCCCCCCCCCCCc1ccc(Cl)cc1Cl)COC(=O)c1cccc2nnsc12. The zero-order chi connectivity index (χ0) is 27.2. The Bertz CT molecular complexity index is 1170. The first-order valence-corrected chi connectivity index (χ1v) is 15.3. The van der Waals surface area contributed by atoms with E-state index in [0.29, 0.717) is 16.1 Å². The third-order valence-corrected chi connectivity index (χ3v) is 8.36. The van der Waals surface area contributed by atoms with E-state index in [-0.39, 0.29) is 18.3 Å². The average molecular weight is 578 g/mol. The van der Waals surface area contributed by atoms with Crippen LogP contribution in [0.5, 0.6) is 0 Å². The molecule has 38 heavy (non-hydrogen) atoms. The molecule has 1 aromatic heterocycles. The lowest BCUT2D eigenvalue weighted by atomic mass is 9.97. The minimum atomic E-state index is -0.418. The first-order valence-electron chi connectivity index (χ1n) is 13.8. The summed E-state index contributed by atoms with van der Waals surface area (Å²) in [6, 6.07) is 11.1. The summed E-state index contributed by atoms with van der Waals surface area (Å²) in [5.41, 5.74) is 2.33. The molecule has 1 atom stereocenters. The molecule has 0 fully saturated rings. The summed E-state index contributed by atoms with van der Waals surface area (Å²) in [6.45, 7) is 1.71. The van der Waals surface area contributed by atoms with Crippen LogP contribution in [0.3, 0.4) is 0 Å². The van der Waals surface area contributed by atoms with Crippen molar-refractivity contribution in [1.29, 1.82) is 0 Å². The number of Topliss-reactive ketones (excluding diaryl/α,β-unsaturated/α-hetero) is 1. The van der Waals surface area contributed by atoms with Gasteiger partial charge in [0.05, 0.1) is 16.2 Å². The standard InChI is InChI=1S/C30H38Cl2N2O3S/c1-22(35)24(21-37-30(36)26-16-13-17-28-29(26)38-34-33-28)15-12-10-8-6-4-2-3-5-7-9-11-14-23-18-19-25(31)20-27(23)32/h13,16-20,24H,2-12,14-15,21H2,1H3. The van der Waals surface area contributed by atoms with Crippen molar-refractivity contribution in [3.8, 4) is 0 Å². The number of benzene rings is 2. The van der Waals surface area contributed by atoms with Gasteiger partial charge in [0.2, 0.25) is 0 Å². The molecule has 1 heterocycles. The monoisotopic (exact) mass is 576 g/mol. The molecule has 0 spiro atoms. The van der Waals surface area contributed by atoms with Gasteiger partial charge in [0.25, 0.3) is 0 Å². The maximum absolute atomic E-state index is 12.5. The lowest BCUT2D eigenvalue weighted by Crippen LogP contribution is -2.20. The highest BCUT2D eigenvalue weighted by Crippen LogP contribution is 2.24. The zero-order valence-corrected chi connectivity index (χ0v) is 24.6. The minimum absolute atomic E-state index is 0.0757. The number of rotatable bonds is 18. The number of ether oxygens (including phenoxy) is 1. The van der Waals surface area contributed by atoms with Crippen molar-refractivity contribution < 1.29 is 14.3 Å². The Morgan fingerprint density at radius 2 is 1.55 bits per heavy atom. The van der Waals surface area contributed by atoms with Crippen LogP contribution in [0.4, 0.5) is 0 Å². The summed E-state index contributed by atoms with van der Waals surface area (Å²) in [5, 5.41) is 5.46. The average Bonchev–Trinajstić information content (AvgIpc) is 3.38. The summed E-state index contributed by atoms with van der Waals surface area (Å²) in [7, 11) is 0. The molecule has 0 bridgehead atoms. The number of carbonyl (C=O) groups is 2. The van der Waals surface area contributed by atoms with Gasteiger partial charge in [-0.3, -0.25) is 4.79 Å². The highest BCUT2D eigenvalue weighted by molar-refractivity contribution is 7.13. The van der Waals surface area contributed by atoms with Gasteiger partial charge in [-0.2, -0.15) is 0 Å². The summed E-state index contributed by atoms with van der Waals surface area (Å²) in [6.07, 6.45) is 15.1. The van der Waals surface area contributed by atoms with Crippen LogP contribution < -0.4 is 0 Å². The van der Waals surface area contributed by atoms with Gasteiger partial charge in [0.1, 0.15) is 17.9 Å². The molecular weight excluding hydrogens is 539 g/mol. The Kier molecular flexibility index (Phi) is 13.5. The summed E-state index contributed by atoms with van der Waals surface area (Å²) in [5.74, 6) is -0.584. The molecule has 3 aromatic rings. The third-order valence-electron chi connectivity index (χ3n) is 7.00. The number of esters is 1. The summed E-state index contributed by atoms with van der Waals surface area (Å²) in [4.78, 5) is 24.6. The van der Waals surface area contributed by atoms with E-state index >= 15 is 0 Å². The van der Waals surface area contributed by atoms with E-state index in [1.165, 1.54) is 74.9 Å². The Balaban J connectivity index is 1.18. The van der Waals surface area contributed by atoms with E-state index < -0.39 is 5.97 Å². The normalized spacial score (nSPS) is 12.1. The van der Waals surface area contributed by atoms with E-state index in [1.54, 1.807) is 19.1 Å². The van der Waals surface area contributed by atoms with Gasteiger partial charge in [-0.1, -0.05) is 104 Å². The summed E-state index contributed by atoms with van der Waals surface area (Å²) >= 11 is 13.4. The van der Waals surface area contributed by atoms with Crippen LogP contribution in [0.15, 0.2) is 36.4 Å². The quantitative estimate of drug-likeness (QED) is 0.111. The second kappa shape index (κ2) is 16.8. The lowest BCUT2D eigenvalue weighted by Gasteiger charge is -2.14. The van der Waals surface area contributed by atoms with Crippen molar-refractivity contribution in [2.75, 3.05) is 6.61 Å². The molecule has 0 aliphatic heterocycles. The van der Waals surface area contributed by atoms with Gasteiger partial charge < -0.3 is 4.74 Å². The van der Waals surface area contributed by atoms with Crippen LogP contribution in [0.1, 0.15) is 99.9 Å². The number of hydrogen-bond acceptors (Lipinski definition) is 6. The Hall–Kier alpha value is -2.02. The molecule has 3 rings (SSSR count). The molecule has 0 aliphatic carbocycles. The predicted octanol–water partition coefficient (Wildman–Crippen LogP) is 9.28. The van der Waals surface area contributed by atoms with Crippen molar-refractivity contribution in [2.24, 2.45) is 5.92 Å². The van der Waals surface area contributed by atoms with E-state index in [1.807, 2.05) is 24.3 Å². The molecule has 0 aliphatic rings. The number of unbranched alkanes of at least 4 members (excludes halogenated alkanes) is 10. The highest BCUT2D eigenvalue weighted by Gasteiger charge is 2.19.